The minimum absolute atomic E-state index is 0.103. The molecule has 0 spiro atoms. The molecule has 2 aliphatic rings. The van der Waals surface area contributed by atoms with Gasteiger partial charge in [0.25, 0.3) is 5.82 Å². The normalized spacial score (nSPS) is 25.8. The zero-order valence-corrected chi connectivity index (χ0v) is 11.0. The van der Waals surface area contributed by atoms with Gasteiger partial charge in [-0.25, -0.2) is 0 Å². The predicted molar refractivity (Wildman–Crippen MR) is 67.9 cm³/mol. The van der Waals surface area contributed by atoms with E-state index in [1.807, 2.05) is 0 Å². The number of hydrogen-bond donors (Lipinski definition) is 1. The molecule has 112 valence electrons. The highest BCUT2D eigenvalue weighted by Crippen LogP contribution is 2.32. The first-order valence-corrected chi connectivity index (χ1v) is 6.81. The fourth-order valence-corrected chi connectivity index (χ4v) is 3.24. The van der Waals surface area contributed by atoms with Crippen LogP contribution in [0.15, 0.2) is 12.1 Å². The molecule has 21 heavy (non-hydrogen) atoms. The van der Waals surface area contributed by atoms with E-state index < -0.39 is 12.0 Å². The van der Waals surface area contributed by atoms with Gasteiger partial charge in [0, 0.05) is 25.7 Å². The molecule has 0 unspecified atom stereocenters. The Morgan fingerprint density at radius 2 is 2.05 bits per heavy atom. The third-order valence-corrected chi connectivity index (χ3v) is 4.24. The molecule has 2 aliphatic heterocycles. The monoisotopic (exact) mass is 298 g/mol. The molecule has 4 rings (SSSR count). The Bertz CT molecular complexity index is 681. The Morgan fingerprint density at radius 1 is 1.19 bits per heavy atom. The molecule has 2 saturated heterocycles. The van der Waals surface area contributed by atoms with Crippen molar-refractivity contribution >= 4 is 11.5 Å². The van der Waals surface area contributed by atoms with Crippen LogP contribution >= 0.6 is 0 Å². The van der Waals surface area contributed by atoms with Gasteiger partial charge < -0.3 is 10.2 Å². The number of hydrogen-bond acceptors (Lipinski definition) is 5. The summed E-state index contributed by atoms with van der Waals surface area (Å²) < 4.78 is 39.4. The van der Waals surface area contributed by atoms with Crippen LogP contribution in [0.1, 0.15) is 12.2 Å². The van der Waals surface area contributed by atoms with E-state index in [-0.39, 0.29) is 5.65 Å². The third kappa shape index (κ3) is 1.95. The molecule has 0 saturated carbocycles. The second-order valence-corrected chi connectivity index (χ2v) is 5.45. The minimum atomic E-state index is -4.56. The lowest BCUT2D eigenvalue weighted by atomic mass is 10.1. The van der Waals surface area contributed by atoms with Gasteiger partial charge in [-0.3, -0.25) is 0 Å². The number of alkyl halides is 3. The summed E-state index contributed by atoms with van der Waals surface area (Å²) in [6.07, 6.45) is -3.53. The van der Waals surface area contributed by atoms with E-state index in [1.165, 1.54) is 6.07 Å². The number of nitrogens with zero attached hydrogens (tertiary/aromatic N) is 5. The summed E-state index contributed by atoms with van der Waals surface area (Å²) in [5.41, 5.74) is 0.103. The lowest BCUT2D eigenvalue weighted by molar-refractivity contribution is -0.146. The van der Waals surface area contributed by atoms with Gasteiger partial charge in [0.1, 0.15) is 5.82 Å². The predicted octanol–water partition coefficient (Wildman–Crippen LogP) is 0.941. The second kappa shape index (κ2) is 4.30. The number of anilines is 1. The molecule has 0 aliphatic carbocycles. The van der Waals surface area contributed by atoms with Crippen molar-refractivity contribution < 1.29 is 13.2 Å². The molecule has 2 aromatic rings. The number of rotatable bonds is 1. The summed E-state index contributed by atoms with van der Waals surface area (Å²) in [5.74, 6) is 0.00846. The Balaban J connectivity index is 1.76. The molecule has 2 aromatic heterocycles. The molecule has 4 heterocycles. The number of halogens is 3. The number of aromatic nitrogens is 4. The summed E-state index contributed by atoms with van der Waals surface area (Å²) >= 11 is 0. The molecular weight excluding hydrogens is 285 g/mol. The fourth-order valence-electron chi connectivity index (χ4n) is 3.24. The van der Waals surface area contributed by atoms with E-state index in [0.29, 0.717) is 17.8 Å². The Morgan fingerprint density at radius 3 is 2.86 bits per heavy atom. The molecule has 1 N–H and O–H groups in total. The van der Waals surface area contributed by atoms with Gasteiger partial charge in [0.2, 0.25) is 0 Å². The molecule has 6 nitrogen and oxygen atoms in total. The lowest BCUT2D eigenvalue weighted by Gasteiger charge is -2.24. The zero-order valence-electron chi connectivity index (χ0n) is 11.0. The van der Waals surface area contributed by atoms with Gasteiger partial charge in [-0.1, -0.05) is 0 Å². The topological polar surface area (TPSA) is 58.4 Å². The van der Waals surface area contributed by atoms with Gasteiger partial charge >= 0.3 is 6.18 Å². The largest absolute Gasteiger partial charge is 0.453 e. The number of fused-ring (bicyclic) bond motifs is 2. The second-order valence-electron chi connectivity index (χ2n) is 5.45. The SMILES string of the molecule is FC(F)(F)c1nnc2ccc(N3CC[C@H]4CNC[C@H]43)nn12. The van der Waals surface area contributed by atoms with E-state index >= 15 is 0 Å². The van der Waals surface area contributed by atoms with E-state index in [1.54, 1.807) is 6.07 Å². The Hall–Kier alpha value is -1.90. The fraction of sp³-hybridized carbons (Fsp3) is 0.583. The van der Waals surface area contributed by atoms with E-state index in [2.05, 4.69) is 25.5 Å². The Kier molecular flexibility index (Phi) is 2.62. The summed E-state index contributed by atoms with van der Waals surface area (Å²) in [7, 11) is 0. The molecule has 0 amide bonds. The van der Waals surface area contributed by atoms with Gasteiger partial charge in [-0.05, 0) is 24.5 Å². The van der Waals surface area contributed by atoms with E-state index in [4.69, 9.17) is 0 Å². The van der Waals surface area contributed by atoms with Crippen molar-refractivity contribution in [3.05, 3.63) is 18.0 Å². The van der Waals surface area contributed by atoms with Crippen LogP contribution in [0, 0.1) is 5.92 Å². The first kappa shape index (κ1) is 12.8. The summed E-state index contributed by atoms with van der Waals surface area (Å²) in [4.78, 5) is 2.07. The van der Waals surface area contributed by atoms with Crippen LogP contribution in [-0.4, -0.2) is 45.5 Å². The maximum absolute atomic E-state index is 12.9. The van der Waals surface area contributed by atoms with Gasteiger partial charge in [0.15, 0.2) is 5.65 Å². The smallest absolute Gasteiger partial charge is 0.351 e. The highest BCUT2D eigenvalue weighted by atomic mass is 19.4. The van der Waals surface area contributed by atoms with Gasteiger partial charge in [-0.2, -0.15) is 17.7 Å². The maximum atomic E-state index is 12.9. The van der Waals surface area contributed by atoms with Crippen LogP contribution in [0.2, 0.25) is 0 Å². The summed E-state index contributed by atoms with van der Waals surface area (Å²) in [5, 5.41) is 14.1. The molecule has 0 bridgehead atoms. The lowest BCUT2D eigenvalue weighted by Crippen LogP contribution is -2.35. The van der Waals surface area contributed by atoms with Crippen LogP contribution in [0.25, 0.3) is 5.65 Å². The van der Waals surface area contributed by atoms with Crippen LogP contribution < -0.4 is 10.2 Å². The summed E-state index contributed by atoms with van der Waals surface area (Å²) in [6.45, 7) is 2.63. The molecule has 2 atom stereocenters. The van der Waals surface area contributed by atoms with Crippen LogP contribution in [0.4, 0.5) is 19.0 Å². The van der Waals surface area contributed by atoms with Crippen molar-refractivity contribution in [2.75, 3.05) is 24.5 Å². The van der Waals surface area contributed by atoms with Crippen molar-refractivity contribution in [3.8, 4) is 0 Å². The molecule has 0 radical (unpaired) electrons. The van der Waals surface area contributed by atoms with E-state index in [0.717, 1.165) is 30.6 Å². The number of nitrogens with one attached hydrogen (secondary N) is 1. The summed E-state index contributed by atoms with van der Waals surface area (Å²) in [6, 6.07) is 3.55. The first-order chi connectivity index (χ1) is 10.0. The third-order valence-electron chi connectivity index (χ3n) is 4.24. The van der Waals surface area contributed by atoms with Crippen LogP contribution in [0.3, 0.4) is 0 Å². The average Bonchev–Trinajstić information content (AvgIpc) is 3.11. The Labute approximate surface area is 117 Å². The highest BCUT2D eigenvalue weighted by molar-refractivity contribution is 5.48. The van der Waals surface area contributed by atoms with Crippen LogP contribution in [0.5, 0.6) is 0 Å². The average molecular weight is 298 g/mol. The zero-order chi connectivity index (χ0) is 14.6. The highest BCUT2D eigenvalue weighted by Gasteiger charge is 2.40. The van der Waals surface area contributed by atoms with Crippen LogP contribution in [-0.2, 0) is 6.18 Å². The van der Waals surface area contributed by atoms with Crippen molar-refractivity contribution in [1.82, 2.24) is 25.1 Å². The van der Waals surface area contributed by atoms with Crippen molar-refractivity contribution in [1.29, 1.82) is 0 Å². The van der Waals surface area contributed by atoms with Crippen molar-refractivity contribution in [3.63, 3.8) is 0 Å². The molecule has 2 fully saturated rings. The van der Waals surface area contributed by atoms with Crippen molar-refractivity contribution in [2.24, 2.45) is 5.92 Å². The quantitative estimate of drug-likeness (QED) is 0.849. The first-order valence-electron chi connectivity index (χ1n) is 6.81. The van der Waals surface area contributed by atoms with Gasteiger partial charge in [-0.15, -0.1) is 15.3 Å². The van der Waals surface area contributed by atoms with E-state index in [9.17, 15) is 13.2 Å². The molecular formula is C12H13F3N6. The molecule has 9 heteroatoms. The van der Waals surface area contributed by atoms with Gasteiger partial charge in [0.05, 0.1) is 0 Å². The maximum Gasteiger partial charge on any atom is 0.453 e. The molecule has 0 aromatic carbocycles. The minimum Gasteiger partial charge on any atom is -0.351 e. The standard InChI is InChI=1S/C12H13F3N6/c13-12(14,15)11-18-17-9-1-2-10(19-21(9)11)20-4-3-7-5-16-6-8(7)20/h1-2,7-8,16H,3-6H2/t7-,8+/m0/s1. The van der Waals surface area contributed by atoms with Crippen molar-refractivity contribution in [2.45, 2.75) is 18.6 Å².